The van der Waals surface area contributed by atoms with Gasteiger partial charge in [0.15, 0.2) is 12.2 Å². The monoisotopic (exact) mass is 424 g/mol. The molecule has 3 heterocycles. The molecule has 3 atom stereocenters. The molecule has 2 amide bonds. The number of hydrogen-bond donors (Lipinski definition) is 4. The van der Waals surface area contributed by atoms with Crippen molar-refractivity contribution in [2.45, 2.75) is 38.1 Å². The van der Waals surface area contributed by atoms with E-state index >= 15 is 0 Å². The number of carbonyl (C=O) groups is 2. The van der Waals surface area contributed by atoms with Crippen molar-refractivity contribution in [3.05, 3.63) is 65.7 Å². The zero-order valence-corrected chi connectivity index (χ0v) is 17.0. The van der Waals surface area contributed by atoms with Crippen molar-refractivity contribution < 1.29 is 19.8 Å². The lowest BCUT2D eigenvalue weighted by molar-refractivity contribution is -0.154. The molecule has 0 fully saturated rings. The Hall–Kier alpha value is -3.50. The lowest BCUT2D eigenvalue weighted by Gasteiger charge is -2.29. The number of amides is 2. The fourth-order valence-electron chi connectivity index (χ4n) is 3.59. The maximum absolute atomic E-state index is 12.6. The standard InChI is InChI=1S/C21H24N6O4/c1-13(14-3-5-16(6-4-14)27-9-2-8-23-27)24-20(30)18(28)19(29)21(31)26-10-7-15-11-22-25-17(15)12-26/h2-6,8-9,11,13,18-19,28-29H,7,10,12H2,1H3,(H,22,25)(H,24,30)/t13-,18-,19-/m1/s1. The summed E-state index contributed by atoms with van der Waals surface area (Å²) in [4.78, 5) is 26.4. The number of nitrogens with zero attached hydrogens (tertiary/aromatic N) is 4. The van der Waals surface area contributed by atoms with Gasteiger partial charge in [-0.1, -0.05) is 12.1 Å². The summed E-state index contributed by atoms with van der Waals surface area (Å²) in [6.45, 7) is 2.39. The van der Waals surface area contributed by atoms with E-state index in [1.165, 1.54) is 4.90 Å². The van der Waals surface area contributed by atoms with Crippen LogP contribution in [-0.2, 0) is 22.6 Å². The van der Waals surface area contributed by atoms with E-state index in [0.29, 0.717) is 13.0 Å². The zero-order chi connectivity index (χ0) is 22.0. The smallest absolute Gasteiger partial charge is 0.255 e. The van der Waals surface area contributed by atoms with Crippen molar-refractivity contribution in [3.63, 3.8) is 0 Å². The normalized spacial score (nSPS) is 16.3. The molecular formula is C21H24N6O4. The summed E-state index contributed by atoms with van der Waals surface area (Å²) in [6, 6.07) is 8.79. The summed E-state index contributed by atoms with van der Waals surface area (Å²) in [7, 11) is 0. The van der Waals surface area contributed by atoms with E-state index in [9.17, 15) is 19.8 Å². The Morgan fingerprint density at radius 3 is 2.68 bits per heavy atom. The first-order chi connectivity index (χ1) is 14.9. The Balaban J connectivity index is 1.34. The first-order valence-electron chi connectivity index (χ1n) is 10.0. The molecule has 0 bridgehead atoms. The Bertz CT molecular complexity index is 1050. The number of aromatic amines is 1. The topological polar surface area (TPSA) is 136 Å². The Kier molecular flexibility index (Phi) is 5.83. The molecule has 4 N–H and O–H groups in total. The highest BCUT2D eigenvalue weighted by molar-refractivity contribution is 5.91. The second-order valence-electron chi connectivity index (χ2n) is 7.55. The molecular weight excluding hydrogens is 400 g/mol. The number of aromatic nitrogens is 4. The molecule has 0 spiro atoms. The third kappa shape index (κ3) is 4.35. The average molecular weight is 424 g/mol. The number of rotatable bonds is 6. The number of aliphatic hydroxyl groups excluding tert-OH is 2. The number of carbonyl (C=O) groups excluding carboxylic acids is 2. The molecule has 31 heavy (non-hydrogen) atoms. The van der Waals surface area contributed by atoms with Crippen LogP contribution in [0, 0.1) is 0 Å². The number of aliphatic hydroxyl groups is 2. The summed E-state index contributed by atoms with van der Waals surface area (Å²) in [5.74, 6) is -1.51. The van der Waals surface area contributed by atoms with Gasteiger partial charge >= 0.3 is 0 Å². The SMILES string of the molecule is C[C@@H](NC(=O)[C@H](O)[C@@H](O)C(=O)N1CCc2cn[nH]c2C1)c1ccc(-n2cccn2)cc1. The number of H-pyrrole nitrogens is 1. The second-order valence-corrected chi connectivity index (χ2v) is 7.55. The van der Waals surface area contributed by atoms with E-state index in [2.05, 4.69) is 20.6 Å². The number of fused-ring (bicyclic) bond motifs is 1. The number of benzene rings is 1. The molecule has 2 aromatic heterocycles. The summed E-state index contributed by atoms with van der Waals surface area (Å²) >= 11 is 0. The fourth-order valence-corrected chi connectivity index (χ4v) is 3.59. The first kappa shape index (κ1) is 20.8. The highest BCUT2D eigenvalue weighted by Gasteiger charge is 2.35. The largest absolute Gasteiger partial charge is 0.380 e. The lowest BCUT2D eigenvalue weighted by Crippen LogP contribution is -2.51. The van der Waals surface area contributed by atoms with E-state index < -0.39 is 30.1 Å². The number of hydrogen-bond acceptors (Lipinski definition) is 6. The van der Waals surface area contributed by atoms with Gasteiger partial charge in [-0.3, -0.25) is 14.7 Å². The fraction of sp³-hybridized carbons (Fsp3) is 0.333. The minimum atomic E-state index is -1.87. The van der Waals surface area contributed by atoms with E-state index in [4.69, 9.17) is 0 Å². The van der Waals surface area contributed by atoms with Gasteiger partial charge in [-0.15, -0.1) is 0 Å². The third-order valence-electron chi connectivity index (χ3n) is 5.46. The summed E-state index contributed by atoms with van der Waals surface area (Å²) in [5.41, 5.74) is 3.48. The molecule has 0 aliphatic carbocycles. The zero-order valence-electron chi connectivity index (χ0n) is 17.0. The highest BCUT2D eigenvalue weighted by atomic mass is 16.3. The van der Waals surface area contributed by atoms with Crippen LogP contribution in [-0.4, -0.2) is 65.7 Å². The van der Waals surface area contributed by atoms with E-state index in [1.807, 2.05) is 36.5 Å². The van der Waals surface area contributed by atoms with Crippen LogP contribution in [0.15, 0.2) is 48.9 Å². The van der Waals surface area contributed by atoms with Gasteiger partial charge in [-0.25, -0.2) is 4.68 Å². The van der Waals surface area contributed by atoms with Gasteiger partial charge in [-0.2, -0.15) is 10.2 Å². The van der Waals surface area contributed by atoms with Gasteiger partial charge in [0.2, 0.25) is 0 Å². The van der Waals surface area contributed by atoms with Gasteiger partial charge in [0.25, 0.3) is 11.8 Å². The van der Waals surface area contributed by atoms with Gasteiger partial charge in [0.05, 0.1) is 30.2 Å². The average Bonchev–Trinajstić information content (AvgIpc) is 3.49. The van der Waals surface area contributed by atoms with Crippen molar-refractivity contribution in [1.29, 1.82) is 0 Å². The van der Waals surface area contributed by atoms with Crippen LogP contribution < -0.4 is 5.32 Å². The van der Waals surface area contributed by atoms with Gasteiger partial charge in [0, 0.05) is 18.9 Å². The molecule has 0 unspecified atom stereocenters. The van der Waals surface area contributed by atoms with Crippen LogP contribution in [0.1, 0.15) is 29.8 Å². The van der Waals surface area contributed by atoms with Gasteiger partial charge < -0.3 is 20.4 Å². The van der Waals surface area contributed by atoms with E-state index in [-0.39, 0.29) is 6.54 Å². The van der Waals surface area contributed by atoms with Gasteiger partial charge in [-0.05, 0) is 42.7 Å². The minimum Gasteiger partial charge on any atom is -0.380 e. The maximum atomic E-state index is 12.6. The predicted octanol–water partition coefficient (Wildman–Crippen LogP) is 0.0793. The summed E-state index contributed by atoms with van der Waals surface area (Å²) in [5, 5.41) is 34.1. The summed E-state index contributed by atoms with van der Waals surface area (Å²) < 4.78 is 1.71. The molecule has 1 aromatic carbocycles. The Morgan fingerprint density at radius 2 is 1.97 bits per heavy atom. The van der Waals surface area contributed by atoms with E-state index in [0.717, 1.165) is 22.5 Å². The highest BCUT2D eigenvalue weighted by Crippen LogP contribution is 2.18. The minimum absolute atomic E-state index is 0.249. The quantitative estimate of drug-likeness (QED) is 0.442. The maximum Gasteiger partial charge on any atom is 0.255 e. The molecule has 162 valence electrons. The van der Waals surface area contributed by atoms with Crippen molar-refractivity contribution >= 4 is 11.8 Å². The first-order valence-corrected chi connectivity index (χ1v) is 10.0. The number of nitrogens with one attached hydrogen (secondary N) is 2. The lowest BCUT2D eigenvalue weighted by atomic mass is 10.0. The third-order valence-corrected chi connectivity index (χ3v) is 5.46. The van der Waals surface area contributed by atoms with Crippen molar-refractivity contribution in [2.24, 2.45) is 0 Å². The Morgan fingerprint density at radius 1 is 1.19 bits per heavy atom. The molecule has 1 aliphatic heterocycles. The van der Waals surface area contributed by atoms with Crippen LogP contribution in [0.3, 0.4) is 0 Å². The van der Waals surface area contributed by atoms with Crippen molar-refractivity contribution in [2.75, 3.05) is 6.54 Å². The molecule has 0 saturated heterocycles. The molecule has 0 radical (unpaired) electrons. The molecule has 10 heteroatoms. The molecule has 3 aromatic rings. The molecule has 10 nitrogen and oxygen atoms in total. The van der Waals surface area contributed by atoms with Crippen LogP contribution in [0.5, 0.6) is 0 Å². The summed E-state index contributed by atoms with van der Waals surface area (Å²) in [6.07, 6.45) is 2.09. The van der Waals surface area contributed by atoms with Crippen LogP contribution in [0.25, 0.3) is 5.69 Å². The van der Waals surface area contributed by atoms with Crippen LogP contribution >= 0.6 is 0 Å². The van der Waals surface area contributed by atoms with Crippen molar-refractivity contribution in [3.8, 4) is 5.69 Å². The second kappa shape index (κ2) is 8.70. The van der Waals surface area contributed by atoms with E-state index in [1.54, 1.807) is 24.0 Å². The predicted molar refractivity (Wildman–Crippen MR) is 110 cm³/mol. The molecule has 0 saturated carbocycles. The van der Waals surface area contributed by atoms with Crippen LogP contribution in [0.2, 0.25) is 0 Å². The van der Waals surface area contributed by atoms with Crippen LogP contribution in [0.4, 0.5) is 0 Å². The molecule has 1 aliphatic rings. The van der Waals surface area contributed by atoms with Gasteiger partial charge in [0.1, 0.15) is 0 Å². The van der Waals surface area contributed by atoms with Crippen molar-refractivity contribution in [1.82, 2.24) is 30.2 Å². The molecule has 4 rings (SSSR count). The Labute approximate surface area is 178 Å².